The van der Waals surface area contributed by atoms with Gasteiger partial charge in [0, 0.05) is 16.5 Å². The van der Waals surface area contributed by atoms with Crippen LogP contribution in [0.1, 0.15) is 29.2 Å². The lowest BCUT2D eigenvalue weighted by molar-refractivity contribution is -0.0318. The van der Waals surface area contributed by atoms with E-state index in [4.69, 9.17) is 13.1 Å². The molecule has 2 aliphatic carbocycles. The average molecular weight is 669 g/mol. The quantitative estimate of drug-likeness (QED) is 0.165. The molecule has 0 bridgehead atoms. The third kappa shape index (κ3) is 5.22. The van der Waals surface area contributed by atoms with Gasteiger partial charge in [-0.1, -0.05) is 0 Å². The summed E-state index contributed by atoms with van der Waals surface area (Å²) in [7, 11) is 0. The van der Waals surface area contributed by atoms with Crippen molar-refractivity contribution >= 4 is 22.2 Å². The summed E-state index contributed by atoms with van der Waals surface area (Å²) < 4.78 is 103. The van der Waals surface area contributed by atoms with E-state index in [0.717, 1.165) is 12.1 Å². The Morgan fingerprint density at radius 2 is 1.15 bits per heavy atom. The summed E-state index contributed by atoms with van der Waals surface area (Å²) in [4.78, 5) is 5.77. The molecule has 0 atom stereocenters. The third-order valence-corrected chi connectivity index (χ3v) is 8.74. The largest absolute Gasteiger partial charge is 0.523 e. The molecule has 14 heteroatoms. The lowest BCUT2D eigenvalue weighted by Gasteiger charge is -2.18. The zero-order valence-corrected chi connectivity index (χ0v) is 24.8. The van der Waals surface area contributed by atoms with Crippen LogP contribution in [0.5, 0.6) is 0 Å². The van der Waals surface area contributed by atoms with E-state index in [1.54, 1.807) is 12.1 Å². The maximum absolute atomic E-state index is 15.1. The van der Waals surface area contributed by atoms with Crippen LogP contribution in [-0.4, -0.2) is 5.51 Å². The van der Waals surface area contributed by atoms with Crippen LogP contribution in [0.2, 0.25) is 0 Å². The summed E-state index contributed by atoms with van der Waals surface area (Å²) in [6.07, 6.45) is -0.942. The van der Waals surface area contributed by atoms with Crippen LogP contribution in [0, 0.1) is 81.7 Å². The molecule has 0 aliphatic heterocycles. The Hall–Kier alpha value is -6.32. The summed E-state index contributed by atoms with van der Waals surface area (Å²) in [5, 5.41) is 37.6. The van der Waals surface area contributed by atoms with Crippen molar-refractivity contribution < 1.29 is 30.7 Å². The van der Waals surface area contributed by atoms with Crippen molar-refractivity contribution in [1.82, 2.24) is 0 Å². The number of rotatable bonds is 3. The third-order valence-electron chi connectivity index (χ3n) is 7.85. The predicted molar refractivity (Wildman–Crippen MR) is 158 cm³/mol. The van der Waals surface area contributed by atoms with E-state index in [1.165, 1.54) is 19.1 Å². The second kappa shape index (κ2) is 12.1. The molecule has 48 heavy (non-hydrogen) atoms. The molecule has 3 aromatic carbocycles. The minimum atomic E-state index is -5.04. The number of benzene rings is 3. The Balaban J connectivity index is 2.18. The number of nitrogens with zero attached hydrogens (tertiary/aromatic N) is 6. The molecular formula is C34H11F7N6S. The van der Waals surface area contributed by atoms with Gasteiger partial charge in [0.05, 0.1) is 5.57 Å². The molecule has 0 amide bonds. The van der Waals surface area contributed by atoms with Crippen molar-refractivity contribution in [3.63, 3.8) is 0 Å². The van der Waals surface area contributed by atoms with Gasteiger partial charge in [-0.05, 0) is 99.1 Å². The number of hydrogen-bond acceptors (Lipinski definition) is 5. The molecule has 2 aliphatic rings. The number of hydrogen-bond donors (Lipinski definition) is 0. The molecule has 0 heterocycles. The van der Waals surface area contributed by atoms with Gasteiger partial charge in [-0.15, -0.1) is 0 Å². The zero-order valence-electron chi connectivity index (χ0n) is 24.0. The molecule has 0 saturated carbocycles. The Kier molecular flexibility index (Phi) is 8.35. The van der Waals surface area contributed by atoms with Crippen molar-refractivity contribution in [2.75, 3.05) is 0 Å². The first-order valence-electron chi connectivity index (χ1n) is 13.2. The Bertz CT molecular complexity index is 2410. The molecule has 0 aromatic heterocycles. The van der Waals surface area contributed by atoms with Crippen molar-refractivity contribution in [2.45, 2.75) is 25.3 Å². The molecular weight excluding hydrogens is 657 g/mol. The number of thioether (sulfide) groups is 1. The fraction of sp³-hybridized carbons (Fsp3) is 0.118. The van der Waals surface area contributed by atoms with Crippen LogP contribution in [0.15, 0.2) is 46.8 Å². The molecule has 0 spiro atoms. The summed E-state index contributed by atoms with van der Waals surface area (Å²) in [5.41, 5.74) is -8.92. The standard InChI is InChI=1S/C34H11F7N6S/c1-14-18(33(46-2)47-3)8-20-28(14)29(15-4-24(35)22(12-44)25(36)5-15)21-9-19(17(10-42)11-43)32(48-34(39,40)41)31(21)30(20)16-6-26(37)23(13-45)27(38)7-16/h4-7H,8-9H2,1H3. The monoisotopic (exact) mass is 668 g/mol. The van der Waals surface area contributed by atoms with Crippen LogP contribution >= 0.6 is 11.8 Å². The topological polar surface area (TPSA) is 104 Å². The Morgan fingerprint density at radius 1 is 0.729 bits per heavy atom. The van der Waals surface area contributed by atoms with Crippen LogP contribution < -0.4 is 10.4 Å². The lowest BCUT2D eigenvalue weighted by atomic mass is 9.86. The molecule has 0 radical (unpaired) electrons. The molecule has 0 unspecified atom stereocenters. The van der Waals surface area contributed by atoms with Crippen LogP contribution in [0.25, 0.3) is 42.4 Å². The molecule has 0 saturated heterocycles. The SMILES string of the molecule is [C-]#[N+]C([N+]#[C-])=C1Cc2c(-c3cc(F)c(C#N)c(F)c3)c3c(c(-c4cc(F)c(C#N)c(F)c4)c2=C1C)CC(=C(C#N)C#N)C=3SC(F)(F)F. The van der Waals surface area contributed by atoms with Gasteiger partial charge in [0.2, 0.25) is 0 Å². The van der Waals surface area contributed by atoms with Crippen molar-refractivity contribution in [1.29, 1.82) is 21.0 Å². The molecule has 3 aromatic rings. The van der Waals surface area contributed by atoms with Gasteiger partial charge in [-0.3, -0.25) is 0 Å². The molecule has 0 fully saturated rings. The number of halogens is 7. The van der Waals surface area contributed by atoms with Gasteiger partial charge in [0.1, 0.15) is 77.4 Å². The molecule has 5 rings (SSSR count). The maximum Gasteiger partial charge on any atom is 0.523 e. The summed E-state index contributed by atoms with van der Waals surface area (Å²) >= 11 is -0.713. The Labute approximate surface area is 271 Å². The highest BCUT2D eigenvalue weighted by Gasteiger charge is 2.40. The van der Waals surface area contributed by atoms with Crippen LogP contribution in [0.4, 0.5) is 30.7 Å². The second-order valence-electron chi connectivity index (χ2n) is 10.3. The van der Waals surface area contributed by atoms with E-state index in [0.29, 0.717) is 12.1 Å². The van der Waals surface area contributed by atoms with Gasteiger partial charge < -0.3 is 0 Å². The first kappa shape index (κ1) is 33.1. The lowest BCUT2D eigenvalue weighted by Crippen LogP contribution is -2.25. The highest BCUT2D eigenvalue weighted by Crippen LogP contribution is 2.47. The van der Waals surface area contributed by atoms with E-state index in [2.05, 4.69) is 9.69 Å². The maximum atomic E-state index is 15.1. The van der Waals surface area contributed by atoms with Gasteiger partial charge in [-0.2, -0.15) is 43.9 Å². The van der Waals surface area contributed by atoms with E-state index < -0.39 is 80.0 Å². The number of nitriles is 4. The van der Waals surface area contributed by atoms with Crippen molar-refractivity contribution in [3.05, 3.63) is 126 Å². The van der Waals surface area contributed by atoms with Gasteiger partial charge in [-0.25, -0.2) is 17.6 Å². The van der Waals surface area contributed by atoms with E-state index >= 15 is 17.6 Å². The van der Waals surface area contributed by atoms with Crippen molar-refractivity contribution in [3.8, 4) is 46.5 Å². The summed E-state index contributed by atoms with van der Waals surface area (Å²) in [6.45, 7) is 16.5. The smallest absolute Gasteiger partial charge is 0.205 e. The minimum Gasteiger partial charge on any atom is -0.205 e. The molecule has 0 N–H and O–H groups in total. The average Bonchev–Trinajstić information content (AvgIpc) is 3.53. The molecule has 232 valence electrons. The highest BCUT2D eigenvalue weighted by molar-refractivity contribution is 8.09. The highest BCUT2D eigenvalue weighted by atomic mass is 32.2. The van der Waals surface area contributed by atoms with E-state index in [9.17, 15) is 34.2 Å². The molecule has 6 nitrogen and oxygen atoms in total. The predicted octanol–water partition coefficient (Wildman–Crippen LogP) is 7.36. The first-order valence-corrected chi connectivity index (χ1v) is 14.1. The summed E-state index contributed by atoms with van der Waals surface area (Å²) in [5.74, 6) is -5.80. The van der Waals surface area contributed by atoms with E-state index in [-0.39, 0.29) is 61.4 Å². The Morgan fingerprint density at radius 3 is 1.54 bits per heavy atom. The summed E-state index contributed by atoms with van der Waals surface area (Å²) in [6, 6.07) is 8.82. The number of alkyl halides is 3. The second-order valence-corrected chi connectivity index (χ2v) is 11.3. The van der Waals surface area contributed by atoms with Gasteiger partial charge in [0.25, 0.3) is 0 Å². The van der Waals surface area contributed by atoms with Crippen LogP contribution in [-0.2, 0) is 12.8 Å². The van der Waals surface area contributed by atoms with Crippen LogP contribution in [0.3, 0.4) is 0 Å². The van der Waals surface area contributed by atoms with Gasteiger partial charge in [0.15, 0.2) is 0 Å². The number of fused-ring (bicyclic) bond motifs is 2. The fourth-order valence-electron chi connectivity index (χ4n) is 6.02. The first-order chi connectivity index (χ1) is 22.7. The fourth-order valence-corrected chi connectivity index (χ4v) is 6.88. The number of allylic oxidation sites excluding steroid dienone is 2. The van der Waals surface area contributed by atoms with Gasteiger partial charge >= 0.3 is 11.3 Å². The minimum absolute atomic E-state index is 0.0201. The zero-order chi connectivity index (χ0) is 35.2. The normalized spacial score (nSPS) is 13.0. The van der Waals surface area contributed by atoms with Crippen molar-refractivity contribution in [2.24, 2.45) is 0 Å². The van der Waals surface area contributed by atoms with E-state index in [1.807, 2.05) is 0 Å².